The van der Waals surface area contributed by atoms with Crippen LogP contribution in [0.25, 0.3) is 0 Å². The zero-order chi connectivity index (χ0) is 13.8. The number of nitrogens with one attached hydrogen (secondary N) is 1. The molecule has 1 aromatic heterocycles. The third-order valence-electron chi connectivity index (χ3n) is 3.64. The molecule has 0 aromatic carbocycles. The Balaban J connectivity index is 2.03. The first-order valence-corrected chi connectivity index (χ1v) is 6.68. The fourth-order valence-corrected chi connectivity index (χ4v) is 2.58. The number of nitrogens with zero attached hydrogens (tertiary/aromatic N) is 2. The Morgan fingerprint density at radius 1 is 1.42 bits per heavy atom. The van der Waals surface area contributed by atoms with Gasteiger partial charge in [0, 0.05) is 12.7 Å². The molecule has 1 heterocycles. The summed E-state index contributed by atoms with van der Waals surface area (Å²) in [6.07, 6.45) is 6.35. The van der Waals surface area contributed by atoms with E-state index in [1.54, 1.807) is 17.1 Å². The Labute approximate surface area is 111 Å². The maximum absolute atomic E-state index is 12.2. The Hall–Kier alpha value is -1.85. The van der Waals surface area contributed by atoms with Gasteiger partial charge in [0.2, 0.25) is 5.91 Å². The van der Waals surface area contributed by atoms with Gasteiger partial charge in [-0.3, -0.25) is 14.3 Å². The first-order chi connectivity index (χ1) is 9.11. The van der Waals surface area contributed by atoms with E-state index in [1.165, 1.54) is 0 Å². The molecule has 6 heteroatoms. The third kappa shape index (κ3) is 3.13. The molecular formula is C13H19N3O3. The molecule has 1 aliphatic rings. The lowest BCUT2D eigenvalue weighted by Crippen LogP contribution is -2.35. The summed E-state index contributed by atoms with van der Waals surface area (Å²) in [5.74, 6) is -2.07. The van der Waals surface area contributed by atoms with Crippen LogP contribution in [0.1, 0.15) is 32.6 Å². The van der Waals surface area contributed by atoms with E-state index in [4.69, 9.17) is 5.11 Å². The zero-order valence-electron chi connectivity index (χ0n) is 11.0. The highest BCUT2D eigenvalue weighted by molar-refractivity contribution is 5.95. The summed E-state index contributed by atoms with van der Waals surface area (Å²) < 4.78 is 1.71. The van der Waals surface area contributed by atoms with Crippen LogP contribution in [0.15, 0.2) is 12.4 Å². The average molecular weight is 265 g/mol. The van der Waals surface area contributed by atoms with Gasteiger partial charge in [-0.1, -0.05) is 12.8 Å². The number of aryl methyl sites for hydroxylation is 1. The van der Waals surface area contributed by atoms with Gasteiger partial charge < -0.3 is 10.4 Å². The van der Waals surface area contributed by atoms with Gasteiger partial charge in [-0.05, 0) is 19.8 Å². The Kier molecular flexibility index (Phi) is 4.19. The molecule has 0 spiro atoms. The predicted molar refractivity (Wildman–Crippen MR) is 69.6 cm³/mol. The fourth-order valence-electron chi connectivity index (χ4n) is 2.58. The van der Waals surface area contributed by atoms with Crippen molar-refractivity contribution in [1.29, 1.82) is 0 Å². The number of carboxylic acids is 1. The maximum atomic E-state index is 12.2. The van der Waals surface area contributed by atoms with E-state index >= 15 is 0 Å². The quantitative estimate of drug-likeness (QED) is 0.868. The fraction of sp³-hybridized carbons (Fsp3) is 0.615. The molecule has 1 aromatic rings. The van der Waals surface area contributed by atoms with Gasteiger partial charge in [0.15, 0.2) is 0 Å². The van der Waals surface area contributed by atoms with Crippen molar-refractivity contribution in [3.8, 4) is 0 Å². The van der Waals surface area contributed by atoms with Gasteiger partial charge in [0.05, 0.1) is 23.7 Å². The molecule has 104 valence electrons. The molecule has 0 radical (unpaired) electrons. The van der Waals surface area contributed by atoms with Gasteiger partial charge in [0.1, 0.15) is 0 Å². The van der Waals surface area contributed by atoms with Crippen LogP contribution in [0.4, 0.5) is 5.69 Å². The number of carbonyl (C=O) groups is 2. The number of aromatic nitrogens is 2. The standard InChI is InChI=1S/C13H19N3O3/c1-2-16-8-9(7-14-16)15-12(17)10-5-3-4-6-11(10)13(18)19/h7-8,10-11H,2-6H2,1H3,(H,15,17)(H,18,19)/t10-,11+/m1/s1. The second-order valence-corrected chi connectivity index (χ2v) is 4.91. The minimum atomic E-state index is -0.871. The average Bonchev–Trinajstić information content (AvgIpc) is 2.86. The van der Waals surface area contributed by atoms with E-state index in [0.717, 1.165) is 19.4 Å². The van der Waals surface area contributed by atoms with Crippen LogP contribution in [0.5, 0.6) is 0 Å². The molecule has 1 amide bonds. The van der Waals surface area contributed by atoms with E-state index in [2.05, 4.69) is 10.4 Å². The van der Waals surface area contributed by atoms with Gasteiger partial charge in [-0.2, -0.15) is 5.10 Å². The molecule has 0 aliphatic heterocycles. The summed E-state index contributed by atoms with van der Waals surface area (Å²) in [6, 6.07) is 0. The Morgan fingerprint density at radius 2 is 2.11 bits per heavy atom. The van der Waals surface area contributed by atoms with Crippen LogP contribution in [0.3, 0.4) is 0 Å². The number of carboxylic acid groups (broad SMARTS) is 1. The lowest BCUT2D eigenvalue weighted by molar-refractivity contribution is -0.147. The van der Waals surface area contributed by atoms with Crippen molar-refractivity contribution in [3.05, 3.63) is 12.4 Å². The lowest BCUT2D eigenvalue weighted by Gasteiger charge is -2.27. The smallest absolute Gasteiger partial charge is 0.307 e. The largest absolute Gasteiger partial charge is 0.481 e. The number of rotatable bonds is 4. The highest BCUT2D eigenvalue weighted by Gasteiger charge is 2.35. The van der Waals surface area contributed by atoms with Crippen molar-refractivity contribution in [3.63, 3.8) is 0 Å². The van der Waals surface area contributed by atoms with Gasteiger partial charge in [-0.15, -0.1) is 0 Å². The van der Waals surface area contributed by atoms with Crippen molar-refractivity contribution < 1.29 is 14.7 Å². The summed E-state index contributed by atoms with van der Waals surface area (Å²) in [7, 11) is 0. The molecule has 1 aliphatic carbocycles. The molecule has 0 saturated heterocycles. The number of hydrogen-bond acceptors (Lipinski definition) is 3. The lowest BCUT2D eigenvalue weighted by atomic mass is 9.78. The molecule has 0 unspecified atom stereocenters. The van der Waals surface area contributed by atoms with Crippen LogP contribution in [-0.2, 0) is 16.1 Å². The summed E-state index contributed by atoms with van der Waals surface area (Å²) >= 11 is 0. The van der Waals surface area contributed by atoms with Crippen LogP contribution in [0, 0.1) is 11.8 Å². The highest BCUT2D eigenvalue weighted by atomic mass is 16.4. The summed E-state index contributed by atoms with van der Waals surface area (Å²) in [5, 5.41) is 16.0. The van der Waals surface area contributed by atoms with Crippen LogP contribution in [0.2, 0.25) is 0 Å². The number of anilines is 1. The predicted octanol–water partition coefficient (Wildman–Crippen LogP) is 1.73. The van der Waals surface area contributed by atoms with E-state index in [9.17, 15) is 9.59 Å². The van der Waals surface area contributed by atoms with Gasteiger partial charge in [0.25, 0.3) is 0 Å². The molecule has 0 bridgehead atoms. The minimum Gasteiger partial charge on any atom is -0.481 e. The Morgan fingerprint density at radius 3 is 2.68 bits per heavy atom. The van der Waals surface area contributed by atoms with E-state index in [-0.39, 0.29) is 5.91 Å². The van der Waals surface area contributed by atoms with Crippen molar-refractivity contribution in [2.75, 3.05) is 5.32 Å². The minimum absolute atomic E-state index is 0.206. The van der Waals surface area contributed by atoms with Crippen molar-refractivity contribution in [1.82, 2.24) is 9.78 Å². The number of hydrogen-bond donors (Lipinski definition) is 2. The number of carbonyl (C=O) groups excluding carboxylic acids is 1. The summed E-state index contributed by atoms with van der Waals surface area (Å²) in [4.78, 5) is 23.3. The van der Waals surface area contributed by atoms with E-state index in [1.807, 2.05) is 6.92 Å². The summed E-state index contributed by atoms with van der Waals surface area (Å²) in [6.45, 7) is 2.69. The second kappa shape index (κ2) is 5.86. The number of aliphatic carboxylic acids is 1. The van der Waals surface area contributed by atoms with Crippen molar-refractivity contribution in [2.45, 2.75) is 39.2 Å². The SMILES string of the molecule is CCn1cc(NC(=O)[C@@H]2CCCC[C@@H]2C(=O)O)cn1. The van der Waals surface area contributed by atoms with Crippen molar-refractivity contribution in [2.24, 2.45) is 11.8 Å². The monoisotopic (exact) mass is 265 g/mol. The molecule has 2 rings (SSSR count). The first-order valence-electron chi connectivity index (χ1n) is 6.68. The van der Waals surface area contributed by atoms with Crippen LogP contribution >= 0.6 is 0 Å². The highest BCUT2D eigenvalue weighted by Crippen LogP contribution is 2.31. The second-order valence-electron chi connectivity index (χ2n) is 4.91. The summed E-state index contributed by atoms with van der Waals surface area (Å²) in [5.41, 5.74) is 0.626. The van der Waals surface area contributed by atoms with Crippen LogP contribution in [-0.4, -0.2) is 26.8 Å². The molecule has 2 atom stereocenters. The number of amides is 1. The molecular weight excluding hydrogens is 246 g/mol. The normalized spacial score (nSPS) is 23.0. The van der Waals surface area contributed by atoms with Gasteiger partial charge >= 0.3 is 5.97 Å². The third-order valence-corrected chi connectivity index (χ3v) is 3.64. The topological polar surface area (TPSA) is 84.2 Å². The Bertz CT molecular complexity index is 469. The van der Waals surface area contributed by atoms with E-state index < -0.39 is 17.8 Å². The maximum Gasteiger partial charge on any atom is 0.307 e. The zero-order valence-corrected chi connectivity index (χ0v) is 11.0. The molecule has 2 N–H and O–H groups in total. The molecule has 6 nitrogen and oxygen atoms in total. The van der Waals surface area contributed by atoms with E-state index in [0.29, 0.717) is 18.5 Å². The van der Waals surface area contributed by atoms with Crippen molar-refractivity contribution >= 4 is 17.6 Å². The van der Waals surface area contributed by atoms with Crippen LogP contribution < -0.4 is 5.32 Å². The molecule has 1 saturated carbocycles. The first kappa shape index (κ1) is 13.6. The van der Waals surface area contributed by atoms with Gasteiger partial charge in [-0.25, -0.2) is 0 Å². The molecule has 1 fully saturated rings. The molecule has 19 heavy (non-hydrogen) atoms.